The lowest BCUT2D eigenvalue weighted by Gasteiger charge is -2.35. The van der Waals surface area contributed by atoms with Crippen LogP contribution in [0.1, 0.15) is 17.3 Å². The van der Waals surface area contributed by atoms with Crippen molar-refractivity contribution in [3.63, 3.8) is 0 Å². The Hall–Kier alpha value is -1.46. The number of hydrogen-bond donors (Lipinski definition) is 1. The number of rotatable bonds is 4. The van der Waals surface area contributed by atoms with Crippen LogP contribution in [0, 0.1) is 0 Å². The molecule has 5 nitrogen and oxygen atoms in total. The molecule has 0 amide bonds. The summed E-state index contributed by atoms with van der Waals surface area (Å²) in [6.07, 6.45) is 1.69. The molecule has 2 heterocycles. The van der Waals surface area contributed by atoms with Crippen molar-refractivity contribution in [1.82, 2.24) is 9.88 Å². The van der Waals surface area contributed by atoms with Gasteiger partial charge < -0.3 is 10.0 Å². The Balaban J connectivity index is 2.01. The second-order valence-corrected chi connectivity index (χ2v) is 4.51. The zero-order valence-electron chi connectivity index (χ0n) is 10.7. The van der Waals surface area contributed by atoms with E-state index in [0.29, 0.717) is 5.56 Å². The van der Waals surface area contributed by atoms with Crippen LogP contribution < -0.4 is 4.90 Å². The fourth-order valence-electron chi connectivity index (χ4n) is 2.15. The molecule has 0 saturated carbocycles. The molecule has 2 rings (SSSR count). The zero-order valence-corrected chi connectivity index (χ0v) is 10.7. The normalized spacial score (nSPS) is 16.9. The summed E-state index contributed by atoms with van der Waals surface area (Å²) in [6.45, 7) is 6.12. The number of anilines is 1. The molecule has 1 fully saturated rings. The fraction of sp³-hybridized carbons (Fsp3) is 0.538. The maximum atomic E-state index is 11.3. The van der Waals surface area contributed by atoms with Crippen LogP contribution in [0.25, 0.3) is 0 Å². The Labute approximate surface area is 107 Å². The van der Waals surface area contributed by atoms with Crippen LogP contribution in [0.3, 0.4) is 0 Å². The fourth-order valence-corrected chi connectivity index (χ4v) is 2.15. The Morgan fingerprint density at radius 3 is 2.72 bits per heavy atom. The summed E-state index contributed by atoms with van der Waals surface area (Å²) in [6, 6.07) is 3.60. The van der Waals surface area contributed by atoms with E-state index >= 15 is 0 Å². The van der Waals surface area contributed by atoms with Gasteiger partial charge in [-0.05, 0) is 19.1 Å². The number of β-amino-alcohol motifs (C(OH)–C–C–N with tert-alkyl or cyclic N) is 1. The SMILES string of the molecule is CC(=O)c1ccnc(N2CCN(CCO)CC2)c1. The number of nitrogens with zero attached hydrogens (tertiary/aromatic N) is 3. The summed E-state index contributed by atoms with van der Waals surface area (Å²) in [7, 11) is 0. The molecule has 1 aliphatic rings. The smallest absolute Gasteiger partial charge is 0.159 e. The molecule has 0 radical (unpaired) electrons. The quantitative estimate of drug-likeness (QED) is 0.783. The van der Waals surface area contributed by atoms with Crippen LogP contribution in [-0.4, -0.2) is 60.1 Å². The molecular weight excluding hydrogens is 230 g/mol. The lowest BCUT2D eigenvalue weighted by Crippen LogP contribution is -2.47. The Morgan fingerprint density at radius 2 is 2.11 bits per heavy atom. The van der Waals surface area contributed by atoms with Gasteiger partial charge in [-0.15, -0.1) is 0 Å². The van der Waals surface area contributed by atoms with Crippen LogP contribution >= 0.6 is 0 Å². The molecule has 0 atom stereocenters. The average Bonchev–Trinajstić information content (AvgIpc) is 2.40. The first-order chi connectivity index (χ1) is 8.70. The minimum absolute atomic E-state index is 0.0672. The highest BCUT2D eigenvalue weighted by Gasteiger charge is 2.17. The minimum atomic E-state index is 0.0672. The number of carbonyl (C=O) groups is 1. The second kappa shape index (κ2) is 5.93. The highest BCUT2D eigenvalue weighted by Crippen LogP contribution is 2.15. The number of ketones is 1. The summed E-state index contributed by atoms with van der Waals surface area (Å²) < 4.78 is 0. The van der Waals surface area contributed by atoms with Crippen molar-refractivity contribution >= 4 is 11.6 Å². The minimum Gasteiger partial charge on any atom is -0.395 e. The van der Waals surface area contributed by atoms with E-state index in [0.717, 1.165) is 38.5 Å². The number of aliphatic hydroxyl groups is 1. The van der Waals surface area contributed by atoms with Crippen LogP contribution in [0.15, 0.2) is 18.3 Å². The summed E-state index contributed by atoms with van der Waals surface area (Å²) in [4.78, 5) is 20.1. The largest absolute Gasteiger partial charge is 0.395 e. The lowest BCUT2D eigenvalue weighted by molar-refractivity contribution is 0.101. The molecule has 0 unspecified atom stereocenters. The van der Waals surface area contributed by atoms with Gasteiger partial charge in [0.25, 0.3) is 0 Å². The van der Waals surface area contributed by atoms with Crippen LogP contribution in [-0.2, 0) is 0 Å². The Kier molecular flexibility index (Phi) is 4.28. The molecule has 1 saturated heterocycles. The third-order valence-corrected chi connectivity index (χ3v) is 3.26. The number of Topliss-reactive ketones (excluding diaryl/α,β-unsaturated/α-hetero) is 1. The van der Waals surface area contributed by atoms with Gasteiger partial charge in [0.05, 0.1) is 6.61 Å². The van der Waals surface area contributed by atoms with Gasteiger partial charge in [-0.3, -0.25) is 9.69 Å². The van der Waals surface area contributed by atoms with E-state index in [4.69, 9.17) is 5.11 Å². The number of hydrogen-bond acceptors (Lipinski definition) is 5. The van der Waals surface area contributed by atoms with Gasteiger partial charge in [-0.1, -0.05) is 0 Å². The second-order valence-electron chi connectivity index (χ2n) is 4.51. The zero-order chi connectivity index (χ0) is 13.0. The van der Waals surface area contributed by atoms with Crippen molar-refractivity contribution in [3.05, 3.63) is 23.9 Å². The Bertz CT molecular complexity index is 414. The third-order valence-electron chi connectivity index (χ3n) is 3.26. The molecular formula is C13H19N3O2. The number of pyridine rings is 1. The maximum absolute atomic E-state index is 11.3. The molecule has 1 aromatic rings. The van der Waals surface area contributed by atoms with E-state index in [-0.39, 0.29) is 12.4 Å². The van der Waals surface area contributed by atoms with Gasteiger partial charge >= 0.3 is 0 Å². The van der Waals surface area contributed by atoms with Crippen LogP contribution in [0.5, 0.6) is 0 Å². The van der Waals surface area contributed by atoms with Crippen LogP contribution in [0.2, 0.25) is 0 Å². The lowest BCUT2D eigenvalue weighted by atomic mass is 10.2. The summed E-state index contributed by atoms with van der Waals surface area (Å²) >= 11 is 0. The molecule has 0 aromatic carbocycles. The standard InChI is InChI=1S/C13H19N3O2/c1-11(18)12-2-3-14-13(10-12)16-6-4-15(5-7-16)8-9-17/h2-3,10,17H,4-9H2,1H3. The van der Waals surface area contributed by atoms with E-state index in [1.54, 1.807) is 19.2 Å². The first kappa shape index (κ1) is 13.0. The molecule has 98 valence electrons. The van der Waals surface area contributed by atoms with Crippen molar-refractivity contribution in [2.75, 3.05) is 44.2 Å². The van der Waals surface area contributed by atoms with E-state index in [1.807, 2.05) is 6.07 Å². The highest BCUT2D eigenvalue weighted by atomic mass is 16.3. The predicted molar refractivity (Wildman–Crippen MR) is 70.0 cm³/mol. The number of aromatic nitrogens is 1. The van der Waals surface area contributed by atoms with Crippen molar-refractivity contribution in [2.24, 2.45) is 0 Å². The van der Waals surface area contributed by atoms with Crippen molar-refractivity contribution in [1.29, 1.82) is 0 Å². The monoisotopic (exact) mass is 249 g/mol. The van der Waals surface area contributed by atoms with E-state index in [1.165, 1.54) is 0 Å². The molecule has 0 bridgehead atoms. The highest BCUT2D eigenvalue weighted by molar-refractivity contribution is 5.94. The first-order valence-corrected chi connectivity index (χ1v) is 6.26. The van der Waals surface area contributed by atoms with Gasteiger partial charge in [0, 0.05) is 44.5 Å². The number of piperazine rings is 1. The third kappa shape index (κ3) is 3.05. The molecule has 1 N–H and O–H groups in total. The van der Waals surface area contributed by atoms with Gasteiger partial charge in [-0.25, -0.2) is 4.98 Å². The van der Waals surface area contributed by atoms with E-state index < -0.39 is 0 Å². The molecule has 18 heavy (non-hydrogen) atoms. The Morgan fingerprint density at radius 1 is 1.39 bits per heavy atom. The topological polar surface area (TPSA) is 56.7 Å². The number of carbonyl (C=O) groups excluding carboxylic acids is 1. The summed E-state index contributed by atoms with van der Waals surface area (Å²) in [5.74, 6) is 0.934. The van der Waals surface area contributed by atoms with Gasteiger partial charge in [0.15, 0.2) is 5.78 Å². The van der Waals surface area contributed by atoms with Crippen molar-refractivity contribution in [2.45, 2.75) is 6.92 Å². The first-order valence-electron chi connectivity index (χ1n) is 6.26. The summed E-state index contributed by atoms with van der Waals surface area (Å²) in [5.41, 5.74) is 0.706. The van der Waals surface area contributed by atoms with E-state index in [9.17, 15) is 4.79 Å². The molecule has 0 aliphatic carbocycles. The molecule has 5 heteroatoms. The molecule has 0 spiro atoms. The average molecular weight is 249 g/mol. The predicted octanol–water partition coefficient (Wildman–Crippen LogP) is 0.398. The number of aliphatic hydroxyl groups excluding tert-OH is 1. The van der Waals surface area contributed by atoms with E-state index in [2.05, 4.69) is 14.8 Å². The summed E-state index contributed by atoms with van der Waals surface area (Å²) in [5, 5.41) is 8.89. The van der Waals surface area contributed by atoms with Crippen molar-refractivity contribution in [3.8, 4) is 0 Å². The van der Waals surface area contributed by atoms with Crippen molar-refractivity contribution < 1.29 is 9.90 Å². The maximum Gasteiger partial charge on any atom is 0.159 e. The van der Waals surface area contributed by atoms with Gasteiger partial charge in [0.2, 0.25) is 0 Å². The molecule has 1 aliphatic heterocycles. The van der Waals surface area contributed by atoms with Gasteiger partial charge in [-0.2, -0.15) is 0 Å². The molecule has 1 aromatic heterocycles. The van der Waals surface area contributed by atoms with Crippen LogP contribution in [0.4, 0.5) is 5.82 Å². The van der Waals surface area contributed by atoms with Gasteiger partial charge in [0.1, 0.15) is 5.82 Å².